The zero-order valence-corrected chi connectivity index (χ0v) is 18.1. The van der Waals surface area contributed by atoms with Crippen LogP contribution in [0.15, 0.2) is 54.7 Å². The van der Waals surface area contributed by atoms with E-state index in [4.69, 9.17) is 4.74 Å². The quantitative estimate of drug-likeness (QED) is 0.473. The van der Waals surface area contributed by atoms with Gasteiger partial charge in [0, 0.05) is 23.9 Å². The number of H-pyrrole nitrogens is 1. The number of nitrogens with zero attached hydrogens (tertiary/aromatic N) is 3. The van der Waals surface area contributed by atoms with E-state index in [0.29, 0.717) is 24.0 Å². The Hall–Kier alpha value is -3.74. The van der Waals surface area contributed by atoms with E-state index in [9.17, 15) is 4.79 Å². The Kier molecular flexibility index (Phi) is 5.31. The van der Waals surface area contributed by atoms with Gasteiger partial charge in [-0.2, -0.15) is 5.10 Å². The number of nitrogens with one attached hydrogen (secondary N) is 2. The predicted molar refractivity (Wildman–Crippen MR) is 123 cm³/mol. The zero-order chi connectivity index (χ0) is 22.1. The van der Waals surface area contributed by atoms with E-state index in [1.807, 2.05) is 44.2 Å². The van der Waals surface area contributed by atoms with Crippen LogP contribution in [0, 0.1) is 13.8 Å². The van der Waals surface area contributed by atoms with Crippen molar-refractivity contribution in [2.24, 2.45) is 0 Å². The van der Waals surface area contributed by atoms with E-state index in [0.717, 1.165) is 40.9 Å². The second kappa shape index (κ2) is 8.42. The van der Waals surface area contributed by atoms with Gasteiger partial charge >= 0.3 is 0 Å². The molecule has 1 fully saturated rings. The summed E-state index contributed by atoms with van der Waals surface area (Å²) in [5.41, 5.74) is 3.64. The minimum Gasteiger partial charge on any atom is -0.473 e. The number of aryl methyl sites for hydroxylation is 2. The van der Waals surface area contributed by atoms with Gasteiger partial charge in [-0.1, -0.05) is 42.5 Å². The highest BCUT2D eigenvalue weighted by molar-refractivity contribution is 5.92. The fraction of sp³-hybridized carbons (Fsp3) is 0.280. The molecule has 1 saturated carbocycles. The second-order valence-electron chi connectivity index (χ2n) is 8.43. The van der Waals surface area contributed by atoms with Gasteiger partial charge in [0.15, 0.2) is 5.82 Å². The summed E-state index contributed by atoms with van der Waals surface area (Å²) in [5.74, 6) is 1.41. The Morgan fingerprint density at radius 3 is 2.78 bits per heavy atom. The number of rotatable bonds is 6. The molecule has 0 radical (unpaired) electrons. The fourth-order valence-corrected chi connectivity index (χ4v) is 4.03. The third-order valence-corrected chi connectivity index (χ3v) is 5.89. The van der Waals surface area contributed by atoms with Crippen molar-refractivity contribution < 1.29 is 9.53 Å². The molecule has 0 unspecified atom stereocenters. The standard InChI is InChI=1S/C25H25N5O2/c1-15-14-26-16(2)25(27-15)32-21-11-20(12-21)22-13-23(30-29-22)28-24(31)10-17-7-8-18-5-3-4-6-19(18)9-17/h3-9,13-14,20-21H,10-12H2,1-2H3,(H2,28,29,30,31). The lowest BCUT2D eigenvalue weighted by atomic mass is 9.80. The normalized spacial score (nSPS) is 17.7. The van der Waals surface area contributed by atoms with Crippen LogP contribution in [0.2, 0.25) is 0 Å². The summed E-state index contributed by atoms with van der Waals surface area (Å²) in [6, 6.07) is 16.1. The van der Waals surface area contributed by atoms with Crippen molar-refractivity contribution in [3.05, 3.63) is 77.4 Å². The SMILES string of the molecule is Cc1cnc(C)c(OC2CC(c3cc(NC(=O)Cc4ccc5ccccc5c4)n[nH]3)C2)n1. The Morgan fingerprint density at radius 2 is 1.94 bits per heavy atom. The van der Waals surface area contributed by atoms with Crippen molar-refractivity contribution in [3.8, 4) is 5.88 Å². The van der Waals surface area contributed by atoms with Gasteiger partial charge in [-0.3, -0.25) is 14.9 Å². The van der Waals surface area contributed by atoms with Crippen LogP contribution in [0.25, 0.3) is 10.8 Å². The van der Waals surface area contributed by atoms with Crippen LogP contribution >= 0.6 is 0 Å². The highest BCUT2D eigenvalue weighted by Gasteiger charge is 2.34. The molecule has 1 aliphatic rings. The maximum Gasteiger partial charge on any atom is 0.235 e. The largest absolute Gasteiger partial charge is 0.473 e. The van der Waals surface area contributed by atoms with E-state index in [-0.39, 0.29) is 12.0 Å². The Morgan fingerprint density at radius 1 is 1.12 bits per heavy atom. The summed E-state index contributed by atoms with van der Waals surface area (Å²) < 4.78 is 6.00. The molecule has 1 aliphatic carbocycles. The summed E-state index contributed by atoms with van der Waals surface area (Å²) in [5, 5.41) is 12.5. The summed E-state index contributed by atoms with van der Waals surface area (Å²) in [6.45, 7) is 3.81. The lowest BCUT2D eigenvalue weighted by molar-refractivity contribution is -0.115. The molecule has 5 rings (SSSR count). The first-order valence-electron chi connectivity index (χ1n) is 10.8. The maximum absolute atomic E-state index is 12.5. The topological polar surface area (TPSA) is 92.8 Å². The summed E-state index contributed by atoms with van der Waals surface area (Å²) in [4.78, 5) is 21.2. The second-order valence-corrected chi connectivity index (χ2v) is 8.43. The number of amides is 1. The molecule has 0 aliphatic heterocycles. The molecule has 7 nitrogen and oxygen atoms in total. The number of ether oxygens (including phenoxy) is 1. The van der Waals surface area contributed by atoms with Gasteiger partial charge in [-0.05, 0) is 43.0 Å². The van der Waals surface area contributed by atoms with Crippen LogP contribution in [0.1, 0.15) is 41.4 Å². The number of fused-ring (bicyclic) bond motifs is 1. The summed E-state index contributed by atoms with van der Waals surface area (Å²) >= 11 is 0. The van der Waals surface area contributed by atoms with Gasteiger partial charge in [-0.15, -0.1) is 0 Å². The highest BCUT2D eigenvalue weighted by Crippen LogP contribution is 2.39. The molecule has 0 bridgehead atoms. The van der Waals surface area contributed by atoms with Crippen LogP contribution in [-0.2, 0) is 11.2 Å². The molecule has 2 aromatic carbocycles. The molecule has 1 amide bonds. The van der Waals surface area contributed by atoms with E-state index in [1.54, 1.807) is 6.20 Å². The van der Waals surface area contributed by atoms with Crippen molar-refractivity contribution in [1.82, 2.24) is 20.2 Å². The van der Waals surface area contributed by atoms with Gasteiger partial charge in [0.2, 0.25) is 11.8 Å². The monoisotopic (exact) mass is 427 g/mol. The molecule has 4 aromatic rings. The number of anilines is 1. The smallest absolute Gasteiger partial charge is 0.235 e. The van der Waals surface area contributed by atoms with Crippen LogP contribution in [-0.4, -0.2) is 32.2 Å². The van der Waals surface area contributed by atoms with Gasteiger partial charge in [0.25, 0.3) is 0 Å². The van der Waals surface area contributed by atoms with E-state index in [1.165, 1.54) is 5.39 Å². The number of hydrogen-bond donors (Lipinski definition) is 2. The average Bonchev–Trinajstić information content (AvgIpc) is 3.20. The van der Waals surface area contributed by atoms with Gasteiger partial charge in [0.1, 0.15) is 6.10 Å². The maximum atomic E-state index is 12.5. The minimum absolute atomic E-state index is 0.0818. The van der Waals surface area contributed by atoms with Crippen molar-refractivity contribution in [2.75, 3.05) is 5.32 Å². The molecule has 2 aromatic heterocycles. The Balaban J connectivity index is 1.15. The molecule has 162 valence electrons. The fourth-order valence-electron chi connectivity index (χ4n) is 4.03. The molecule has 0 atom stereocenters. The number of aromatic nitrogens is 4. The first kappa shape index (κ1) is 20.2. The van der Waals surface area contributed by atoms with E-state index in [2.05, 4.69) is 43.7 Å². The molecular weight excluding hydrogens is 402 g/mol. The zero-order valence-electron chi connectivity index (χ0n) is 18.1. The Labute approximate surface area is 186 Å². The Bertz CT molecular complexity index is 1280. The average molecular weight is 428 g/mol. The number of carbonyl (C=O) groups excluding carboxylic acids is 1. The molecule has 2 heterocycles. The predicted octanol–water partition coefficient (Wildman–Crippen LogP) is 4.48. The molecule has 2 N–H and O–H groups in total. The molecule has 0 spiro atoms. The molecule has 7 heteroatoms. The first-order chi connectivity index (χ1) is 15.5. The first-order valence-corrected chi connectivity index (χ1v) is 10.8. The molecule has 0 saturated heterocycles. The highest BCUT2D eigenvalue weighted by atomic mass is 16.5. The lowest BCUT2D eigenvalue weighted by Crippen LogP contribution is -2.33. The lowest BCUT2D eigenvalue weighted by Gasteiger charge is -2.34. The number of aromatic amines is 1. The van der Waals surface area contributed by atoms with Crippen molar-refractivity contribution >= 4 is 22.5 Å². The summed E-state index contributed by atoms with van der Waals surface area (Å²) in [6.07, 6.45) is 3.92. The number of hydrogen-bond acceptors (Lipinski definition) is 5. The van der Waals surface area contributed by atoms with Gasteiger partial charge < -0.3 is 10.1 Å². The van der Waals surface area contributed by atoms with Crippen molar-refractivity contribution in [1.29, 1.82) is 0 Å². The van der Waals surface area contributed by atoms with Crippen LogP contribution in [0.4, 0.5) is 5.82 Å². The summed E-state index contributed by atoms with van der Waals surface area (Å²) in [7, 11) is 0. The van der Waals surface area contributed by atoms with Crippen LogP contribution in [0.3, 0.4) is 0 Å². The molecule has 32 heavy (non-hydrogen) atoms. The third-order valence-electron chi connectivity index (χ3n) is 5.89. The third kappa shape index (κ3) is 4.32. The van der Waals surface area contributed by atoms with Gasteiger partial charge in [0.05, 0.1) is 17.8 Å². The van der Waals surface area contributed by atoms with Gasteiger partial charge in [-0.25, -0.2) is 4.98 Å². The van der Waals surface area contributed by atoms with E-state index < -0.39 is 0 Å². The molecular formula is C25H25N5O2. The van der Waals surface area contributed by atoms with Crippen molar-refractivity contribution in [2.45, 2.75) is 45.1 Å². The van der Waals surface area contributed by atoms with Crippen molar-refractivity contribution in [3.63, 3.8) is 0 Å². The van der Waals surface area contributed by atoms with E-state index >= 15 is 0 Å². The van der Waals surface area contributed by atoms with Crippen LogP contribution < -0.4 is 10.1 Å². The van der Waals surface area contributed by atoms with Crippen LogP contribution in [0.5, 0.6) is 5.88 Å². The minimum atomic E-state index is -0.0818. The number of benzene rings is 2. The number of carbonyl (C=O) groups is 1.